The van der Waals surface area contributed by atoms with Gasteiger partial charge in [0.2, 0.25) is 0 Å². The standard InChI is InChI=1S/C60H43N/c1-60(50-21-6-3-7-22-50)54-26-13-10-25-53(54)59-55(60)27-16-30-58(59)61(56-28-14-11-23-51(56)46-36-31-44(32-37-46)42-17-4-2-5-18-42)57-29-15-12-24-52(57)47-38-33-45(34-39-47)49-40-35-43-19-8-9-20-48(43)41-49/h2-41H,1H3. The molecule has 0 radical (unpaired) electrons. The van der Waals surface area contributed by atoms with Crippen LogP contribution in [0.25, 0.3) is 66.4 Å². The van der Waals surface area contributed by atoms with E-state index in [1.165, 1.54) is 72.0 Å². The molecule has 0 bridgehead atoms. The normalized spacial score (nSPS) is 14.0. The predicted molar refractivity (Wildman–Crippen MR) is 258 cm³/mol. The van der Waals surface area contributed by atoms with Crippen LogP contribution in [-0.2, 0) is 5.41 Å². The number of anilines is 3. The van der Waals surface area contributed by atoms with Crippen molar-refractivity contribution in [3.8, 4) is 55.6 Å². The molecule has 0 saturated carbocycles. The van der Waals surface area contributed by atoms with Crippen LogP contribution >= 0.6 is 0 Å². The first-order chi connectivity index (χ1) is 30.1. The SMILES string of the molecule is CC1(c2ccccc2)c2ccccc2-c2c(N(c3ccccc3-c3ccc(-c4ccccc4)cc3)c3ccccc3-c3ccc(-c4ccc5ccccc5c4)cc3)cccc21. The van der Waals surface area contributed by atoms with Gasteiger partial charge >= 0.3 is 0 Å². The number of nitrogens with zero attached hydrogens (tertiary/aromatic N) is 1. The van der Waals surface area contributed by atoms with Crippen molar-refractivity contribution >= 4 is 27.8 Å². The van der Waals surface area contributed by atoms with E-state index in [0.29, 0.717) is 0 Å². The van der Waals surface area contributed by atoms with E-state index < -0.39 is 0 Å². The summed E-state index contributed by atoms with van der Waals surface area (Å²) >= 11 is 0. The summed E-state index contributed by atoms with van der Waals surface area (Å²) in [5.74, 6) is 0. The molecule has 0 aliphatic heterocycles. The average Bonchev–Trinajstić information content (AvgIpc) is 3.61. The summed E-state index contributed by atoms with van der Waals surface area (Å²) in [5, 5.41) is 2.50. The summed E-state index contributed by atoms with van der Waals surface area (Å²) in [6, 6.07) is 88.8. The zero-order valence-corrected chi connectivity index (χ0v) is 34.0. The molecule has 1 aliphatic rings. The maximum Gasteiger partial charge on any atom is 0.0543 e. The monoisotopic (exact) mass is 777 g/mol. The zero-order chi connectivity index (χ0) is 40.8. The van der Waals surface area contributed by atoms with E-state index in [4.69, 9.17) is 0 Å². The van der Waals surface area contributed by atoms with Gasteiger partial charge in [0.25, 0.3) is 0 Å². The summed E-state index contributed by atoms with van der Waals surface area (Å²) in [6.07, 6.45) is 0. The zero-order valence-electron chi connectivity index (χ0n) is 34.0. The van der Waals surface area contributed by atoms with E-state index in [0.717, 1.165) is 28.2 Å². The van der Waals surface area contributed by atoms with Gasteiger partial charge in [-0.05, 0) is 97.6 Å². The van der Waals surface area contributed by atoms with Crippen LogP contribution in [0.1, 0.15) is 23.6 Å². The Kier molecular flexibility index (Phi) is 9.02. The lowest BCUT2D eigenvalue weighted by Gasteiger charge is -2.32. The molecule has 10 aromatic carbocycles. The molecule has 61 heavy (non-hydrogen) atoms. The van der Waals surface area contributed by atoms with Gasteiger partial charge in [0.05, 0.1) is 17.1 Å². The summed E-state index contributed by atoms with van der Waals surface area (Å²) in [6.45, 7) is 2.40. The highest BCUT2D eigenvalue weighted by molar-refractivity contribution is 6.01. The second kappa shape index (κ2) is 15.1. The Bertz CT molecular complexity index is 3180. The van der Waals surface area contributed by atoms with Crippen LogP contribution in [0.5, 0.6) is 0 Å². The van der Waals surface area contributed by atoms with Crippen LogP contribution in [0, 0.1) is 0 Å². The highest BCUT2D eigenvalue weighted by Crippen LogP contribution is 2.57. The van der Waals surface area contributed by atoms with Crippen molar-refractivity contribution in [2.75, 3.05) is 4.90 Å². The quantitative estimate of drug-likeness (QED) is 0.149. The molecular formula is C60H43N. The smallest absolute Gasteiger partial charge is 0.0543 e. The molecule has 0 heterocycles. The highest BCUT2D eigenvalue weighted by Gasteiger charge is 2.42. The van der Waals surface area contributed by atoms with Crippen LogP contribution in [0.4, 0.5) is 17.1 Å². The Morgan fingerprint density at radius 3 is 1.39 bits per heavy atom. The number of fused-ring (bicyclic) bond motifs is 4. The molecule has 1 atom stereocenters. The van der Waals surface area contributed by atoms with Gasteiger partial charge in [0, 0.05) is 22.1 Å². The first-order valence-corrected chi connectivity index (χ1v) is 21.2. The lowest BCUT2D eigenvalue weighted by Crippen LogP contribution is -2.22. The van der Waals surface area contributed by atoms with Crippen LogP contribution < -0.4 is 4.90 Å². The second-order valence-corrected chi connectivity index (χ2v) is 16.2. The van der Waals surface area contributed by atoms with Crippen molar-refractivity contribution in [3.63, 3.8) is 0 Å². The molecule has 10 aromatic rings. The molecule has 0 amide bonds. The van der Waals surface area contributed by atoms with Crippen molar-refractivity contribution in [1.82, 2.24) is 0 Å². The van der Waals surface area contributed by atoms with Crippen LogP contribution in [0.3, 0.4) is 0 Å². The molecule has 0 N–H and O–H groups in total. The van der Waals surface area contributed by atoms with Gasteiger partial charge in [-0.1, -0.05) is 218 Å². The van der Waals surface area contributed by atoms with E-state index >= 15 is 0 Å². The Hall–Kier alpha value is -7.74. The summed E-state index contributed by atoms with van der Waals surface area (Å²) < 4.78 is 0. The van der Waals surface area contributed by atoms with Gasteiger partial charge in [0.15, 0.2) is 0 Å². The first-order valence-electron chi connectivity index (χ1n) is 21.2. The van der Waals surface area contributed by atoms with E-state index in [9.17, 15) is 0 Å². The second-order valence-electron chi connectivity index (χ2n) is 16.2. The number of hydrogen-bond donors (Lipinski definition) is 0. The van der Waals surface area contributed by atoms with Gasteiger partial charge in [-0.3, -0.25) is 0 Å². The van der Waals surface area contributed by atoms with Crippen molar-refractivity contribution < 1.29 is 0 Å². The van der Waals surface area contributed by atoms with Gasteiger partial charge in [-0.25, -0.2) is 0 Å². The topological polar surface area (TPSA) is 3.24 Å². The first kappa shape index (κ1) is 36.3. The number of rotatable bonds is 8. The summed E-state index contributed by atoms with van der Waals surface area (Å²) in [5.41, 5.74) is 19.0. The summed E-state index contributed by atoms with van der Waals surface area (Å²) in [7, 11) is 0. The fourth-order valence-corrected chi connectivity index (χ4v) is 9.69. The van der Waals surface area contributed by atoms with E-state index in [2.05, 4.69) is 254 Å². The minimum atomic E-state index is -0.334. The lowest BCUT2D eigenvalue weighted by molar-refractivity contribution is 0.714. The van der Waals surface area contributed by atoms with Crippen LogP contribution in [0.15, 0.2) is 243 Å². The molecule has 288 valence electrons. The van der Waals surface area contributed by atoms with Gasteiger partial charge in [-0.15, -0.1) is 0 Å². The van der Waals surface area contributed by atoms with Crippen molar-refractivity contribution in [2.24, 2.45) is 0 Å². The van der Waals surface area contributed by atoms with E-state index in [1.54, 1.807) is 0 Å². The molecular weight excluding hydrogens is 735 g/mol. The van der Waals surface area contributed by atoms with E-state index in [-0.39, 0.29) is 5.41 Å². The maximum atomic E-state index is 2.53. The van der Waals surface area contributed by atoms with E-state index in [1.807, 2.05) is 0 Å². The van der Waals surface area contributed by atoms with Crippen molar-refractivity contribution in [1.29, 1.82) is 0 Å². The lowest BCUT2D eigenvalue weighted by atomic mass is 9.74. The largest absolute Gasteiger partial charge is 0.309 e. The molecule has 0 saturated heterocycles. The Labute approximate surface area is 358 Å². The van der Waals surface area contributed by atoms with Crippen molar-refractivity contribution in [3.05, 3.63) is 259 Å². The minimum Gasteiger partial charge on any atom is -0.309 e. The third-order valence-corrected chi connectivity index (χ3v) is 12.8. The third kappa shape index (κ3) is 6.26. The number of para-hydroxylation sites is 2. The predicted octanol–water partition coefficient (Wildman–Crippen LogP) is 16.3. The maximum absolute atomic E-state index is 2.53. The Balaban J connectivity index is 1.11. The summed E-state index contributed by atoms with van der Waals surface area (Å²) in [4.78, 5) is 2.53. The number of hydrogen-bond acceptors (Lipinski definition) is 1. The fraction of sp³-hybridized carbons (Fsp3) is 0.0333. The Morgan fingerprint density at radius 1 is 0.295 bits per heavy atom. The molecule has 1 aliphatic carbocycles. The average molecular weight is 778 g/mol. The molecule has 0 fully saturated rings. The molecule has 1 unspecified atom stereocenters. The fourth-order valence-electron chi connectivity index (χ4n) is 9.69. The van der Waals surface area contributed by atoms with Crippen molar-refractivity contribution in [2.45, 2.75) is 12.3 Å². The molecule has 1 nitrogen and oxygen atoms in total. The molecule has 1 heteroatoms. The van der Waals surface area contributed by atoms with Gasteiger partial charge in [0.1, 0.15) is 0 Å². The third-order valence-electron chi connectivity index (χ3n) is 12.8. The van der Waals surface area contributed by atoms with Gasteiger partial charge < -0.3 is 4.90 Å². The minimum absolute atomic E-state index is 0.334. The molecule has 0 spiro atoms. The van der Waals surface area contributed by atoms with Crippen LogP contribution in [0.2, 0.25) is 0 Å². The Morgan fingerprint density at radius 2 is 0.738 bits per heavy atom. The van der Waals surface area contributed by atoms with Crippen LogP contribution in [-0.4, -0.2) is 0 Å². The van der Waals surface area contributed by atoms with Gasteiger partial charge in [-0.2, -0.15) is 0 Å². The molecule has 11 rings (SSSR count). The number of benzene rings is 10. The highest BCUT2D eigenvalue weighted by atomic mass is 15.2. The molecule has 0 aromatic heterocycles.